The van der Waals surface area contributed by atoms with Gasteiger partial charge < -0.3 is 9.72 Å². The van der Waals surface area contributed by atoms with E-state index in [4.69, 9.17) is 16.3 Å². The highest BCUT2D eigenvalue weighted by Crippen LogP contribution is 2.50. The van der Waals surface area contributed by atoms with Crippen molar-refractivity contribution in [2.75, 3.05) is 13.7 Å². The highest BCUT2D eigenvalue weighted by Gasteiger charge is 2.46. The number of halogens is 1. The first kappa shape index (κ1) is 17.4. The van der Waals surface area contributed by atoms with E-state index in [0.717, 1.165) is 29.3 Å². The molecule has 0 bridgehead atoms. The van der Waals surface area contributed by atoms with E-state index in [0.29, 0.717) is 17.3 Å². The summed E-state index contributed by atoms with van der Waals surface area (Å²) in [5, 5.41) is 1.73. The molecule has 1 fully saturated rings. The van der Waals surface area contributed by atoms with E-state index in [1.54, 1.807) is 31.4 Å². The lowest BCUT2D eigenvalue weighted by Crippen LogP contribution is -2.32. The molecule has 3 aromatic rings. The van der Waals surface area contributed by atoms with Crippen LogP contribution < -0.4 is 9.46 Å². The van der Waals surface area contributed by atoms with Crippen molar-refractivity contribution in [2.24, 2.45) is 0 Å². The van der Waals surface area contributed by atoms with Crippen molar-refractivity contribution in [2.45, 2.75) is 23.2 Å². The van der Waals surface area contributed by atoms with Crippen LogP contribution in [-0.2, 0) is 15.4 Å². The molecule has 0 spiro atoms. The Kier molecular flexibility index (Phi) is 4.22. The van der Waals surface area contributed by atoms with Crippen LogP contribution >= 0.6 is 11.6 Å². The number of benzene rings is 2. The van der Waals surface area contributed by atoms with Gasteiger partial charge in [0.2, 0.25) is 10.0 Å². The van der Waals surface area contributed by atoms with Crippen LogP contribution in [0.4, 0.5) is 0 Å². The zero-order valence-electron chi connectivity index (χ0n) is 14.3. The number of hydrogen-bond donors (Lipinski definition) is 2. The van der Waals surface area contributed by atoms with Gasteiger partial charge >= 0.3 is 0 Å². The Balaban J connectivity index is 1.57. The number of nitrogens with one attached hydrogen (secondary N) is 2. The van der Waals surface area contributed by atoms with Crippen molar-refractivity contribution < 1.29 is 13.2 Å². The first-order valence-corrected chi connectivity index (χ1v) is 10.2. The van der Waals surface area contributed by atoms with Crippen LogP contribution in [0.5, 0.6) is 5.75 Å². The lowest BCUT2D eigenvalue weighted by atomic mass is 9.96. The Morgan fingerprint density at radius 1 is 1.19 bits per heavy atom. The third-order valence-corrected chi connectivity index (χ3v) is 6.69. The molecule has 136 valence electrons. The van der Waals surface area contributed by atoms with E-state index in [1.807, 2.05) is 24.4 Å². The van der Waals surface area contributed by atoms with Gasteiger partial charge in [-0.1, -0.05) is 11.6 Å². The summed E-state index contributed by atoms with van der Waals surface area (Å²) in [6, 6.07) is 12.1. The quantitative estimate of drug-likeness (QED) is 0.671. The summed E-state index contributed by atoms with van der Waals surface area (Å²) in [4.78, 5) is 3.49. The van der Waals surface area contributed by atoms with Gasteiger partial charge in [-0.25, -0.2) is 13.1 Å². The van der Waals surface area contributed by atoms with Gasteiger partial charge in [-0.2, -0.15) is 0 Å². The highest BCUT2D eigenvalue weighted by molar-refractivity contribution is 7.89. The van der Waals surface area contributed by atoms with Crippen molar-refractivity contribution in [1.82, 2.24) is 9.71 Å². The van der Waals surface area contributed by atoms with Crippen LogP contribution in [0.2, 0.25) is 5.02 Å². The van der Waals surface area contributed by atoms with Crippen LogP contribution in [0.1, 0.15) is 18.4 Å². The predicted octanol–water partition coefficient (Wildman–Crippen LogP) is 3.84. The number of rotatable bonds is 6. The van der Waals surface area contributed by atoms with Gasteiger partial charge in [0.15, 0.2) is 0 Å². The number of aromatic amines is 1. The van der Waals surface area contributed by atoms with E-state index in [1.165, 1.54) is 0 Å². The molecular formula is C19H19ClN2O3S. The number of aromatic nitrogens is 1. The number of H-pyrrole nitrogens is 1. The second kappa shape index (κ2) is 6.30. The maximum Gasteiger partial charge on any atom is 0.240 e. The second-order valence-electron chi connectivity index (χ2n) is 6.67. The summed E-state index contributed by atoms with van der Waals surface area (Å²) in [6.07, 6.45) is 3.85. The molecule has 0 atom stereocenters. The Hall–Kier alpha value is -2.02. The van der Waals surface area contributed by atoms with Gasteiger partial charge in [0.05, 0.1) is 12.0 Å². The summed E-state index contributed by atoms with van der Waals surface area (Å²) >= 11 is 6.14. The maximum absolute atomic E-state index is 12.6. The number of sulfonamides is 1. The van der Waals surface area contributed by atoms with Crippen molar-refractivity contribution in [3.05, 3.63) is 59.2 Å². The SMILES string of the molecule is COc1ccc(S(=O)(=O)NCC2(c3c[nH]c4ccc(Cl)cc34)CC2)cc1. The van der Waals surface area contributed by atoms with E-state index < -0.39 is 10.0 Å². The molecule has 1 aliphatic rings. The van der Waals surface area contributed by atoms with E-state index in [2.05, 4.69) is 9.71 Å². The van der Waals surface area contributed by atoms with Crippen LogP contribution in [0.3, 0.4) is 0 Å². The molecule has 4 rings (SSSR count). The monoisotopic (exact) mass is 390 g/mol. The Bertz CT molecular complexity index is 1050. The largest absolute Gasteiger partial charge is 0.497 e. The number of methoxy groups -OCH3 is 1. The van der Waals surface area contributed by atoms with E-state index in [9.17, 15) is 8.42 Å². The number of ether oxygens (including phenoxy) is 1. The third kappa shape index (κ3) is 3.09. The molecule has 1 heterocycles. The number of fused-ring (bicyclic) bond motifs is 1. The van der Waals surface area contributed by atoms with Crippen LogP contribution in [0.25, 0.3) is 10.9 Å². The molecule has 26 heavy (non-hydrogen) atoms. The van der Waals surface area contributed by atoms with Gasteiger partial charge in [0.25, 0.3) is 0 Å². The summed E-state index contributed by atoms with van der Waals surface area (Å²) in [5.74, 6) is 0.623. The maximum atomic E-state index is 12.6. The molecule has 0 radical (unpaired) electrons. The lowest BCUT2D eigenvalue weighted by Gasteiger charge is -2.16. The summed E-state index contributed by atoms with van der Waals surface area (Å²) in [5.41, 5.74) is 1.95. The molecule has 2 aromatic carbocycles. The van der Waals surface area contributed by atoms with Crippen LogP contribution in [0, 0.1) is 0 Å². The van der Waals surface area contributed by atoms with E-state index >= 15 is 0 Å². The van der Waals surface area contributed by atoms with Gasteiger partial charge in [-0.3, -0.25) is 0 Å². The van der Waals surface area contributed by atoms with Crippen molar-refractivity contribution in [3.63, 3.8) is 0 Å². The Morgan fingerprint density at radius 3 is 2.58 bits per heavy atom. The molecule has 1 aliphatic carbocycles. The summed E-state index contributed by atoms with van der Waals surface area (Å²) in [6.45, 7) is 0.362. The fourth-order valence-electron chi connectivity index (χ4n) is 3.30. The predicted molar refractivity (Wildman–Crippen MR) is 102 cm³/mol. The van der Waals surface area contributed by atoms with Crippen molar-refractivity contribution >= 4 is 32.5 Å². The molecule has 1 saturated carbocycles. The number of hydrogen-bond acceptors (Lipinski definition) is 3. The van der Waals surface area contributed by atoms with Crippen molar-refractivity contribution in [3.8, 4) is 5.75 Å². The molecule has 0 saturated heterocycles. The van der Waals surface area contributed by atoms with Gasteiger partial charge in [0, 0.05) is 34.1 Å². The second-order valence-corrected chi connectivity index (χ2v) is 8.88. The fourth-order valence-corrected chi connectivity index (χ4v) is 4.59. The molecule has 7 heteroatoms. The Labute approximate surface area is 157 Å². The third-order valence-electron chi connectivity index (χ3n) is 5.04. The molecule has 1 aromatic heterocycles. The zero-order chi connectivity index (χ0) is 18.4. The average molecular weight is 391 g/mol. The highest BCUT2D eigenvalue weighted by atomic mass is 35.5. The minimum atomic E-state index is -3.57. The normalized spacial score (nSPS) is 15.9. The molecule has 0 aliphatic heterocycles. The van der Waals surface area contributed by atoms with Gasteiger partial charge in [0.1, 0.15) is 5.75 Å². The standard InChI is InChI=1S/C19H19ClN2O3S/c1-25-14-3-5-15(6-4-14)26(23,24)22-12-19(8-9-19)17-11-21-18-7-2-13(20)10-16(17)18/h2-7,10-11,21-22H,8-9,12H2,1H3. The lowest BCUT2D eigenvalue weighted by molar-refractivity contribution is 0.414. The molecule has 2 N–H and O–H groups in total. The van der Waals surface area contributed by atoms with Gasteiger partial charge in [-0.15, -0.1) is 0 Å². The fraction of sp³-hybridized carbons (Fsp3) is 0.263. The van der Waals surface area contributed by atoms with Crippen LogP contribution in [-0.4, -0.2) is 27.1 Å². The minimum Gasteiger partial charge on any atom is -0.497 e. The van der Waals surface area contributed by atoms with Crippen LogP contribution in [0.15, 0.2) is 53.6 Å². The summed E-state index contributed by atoms with van der Waals surface area (Å²) in [7, 11) is -2.03. The average Bonchev–Trinajstić information content (AvgIpc) is 3.32. The van der Waals surface area contributed by atoms with Gasteiger partial charge in [-0.05, 0) is 60.9 Å². The smallest absolute Gasteiger partial charge is 0.240 e. The molecule has 0 unspecified atom stereocenters. The van der Waals surface area contributed by atoms with E-state index in [-0.39, 0.29) is 10.3 Å². The Morgan fingerprint density at radius 2 is 1.92 bits per heavy atom. The molecule has 5 nitrogen and oxygen atoms in total. The minimum absolute atomic E-state index is 0.178. The van der Waals surface area contributed by atoms with Crippen molar-refractivity contribution in [1.29, 1.82) is 0 Å². The first-order chi connectivity index (χ1) is 12.4. The first-order valence-electron chi connectivity index (χ1n) is 8.34. The molecular weight excluding hydrogens is 372 g/mol. The topological polar surface area (TPSA) is 71.2 Å². The zero-order valence-corrected chi connectivity index (χ0v) is 15.8. The summed E-state index contributed by atoms with van der Waals surface area (Å²) < 4.78 is 33.1. The molecule has 0 amide bonds.